The third-order valence-electron chi connectivity index (χ3n) is 4.03. The summed E-state index contributed by atoms with van der Waals surface area (Å²) in [5.74, 6) is 0.579. The summed E-state index contributed by atoms with van der Waals surface area (Å²) in [6, 6.07) is 10.6. The predicted octanol–water partition coefficient (Wildman–Crippen LogP) is 1.13. The van der Waals surface area contributed by atoms with Crippen molar-refractivity contribution >= 4 is 11.6 Å². The fourth-order valence-electron chi connectivity index (χ4n) is 2.82. The standard InChI is InChI=1S/C17H20N4O3/c1-3-21-11-12(24-15-7-5-4-6-14(15)21)10-20(2)17(23)13-8-9-16(22)19-18-13/h4-9,12H,3,10-11H2,1-2H3,(H,19,22)/t12-/m0/s1. The van der Waals surface area contributed by atoms with Gasteiger partial charge in [0.2, 0.25) is 0 Å². The van der Waals surface area contributed by atoms with E-state index >= 15 is 0 Å². The number of benzene rings is 1. The van der Waals surface area contributed by atoms with Gasteiger partial charge in [0.25, 0.3) is 11.5 Å². The summed E-state index contributed by atoms with van der Waals surface area (Å²) in [6.45, 7) is 4.11. The Morgan fingerprint density at radius 2 is 2.17 bits per heavy atom. The van der Waals surface area contributed by atoms with Crippen LogP contribution in [0.15, 0.2) is 41.2 Å². The minimum absolute atomic E-state index is 0.128. The van der Waals surface area contributed by atoms with Gasteiger partial charge in [0, 0.05) is 19.7 Å². The van der Waals surface area contributed by atoms with Crippen molar-refractivity contribution in [2.45, 2.75) is 13.0 Å². The van der Waals surface area contributed by atoms with E-state index in [9.17, 15) is 9.59 Å². The lowest BCUT2D eigenvalue weighted by atomic mass is 10.1. The number of ether oxygens (including phenoxy) is 1. The number of nitrogens with one attached hydrogen (secondary N) is 1. The molecule has 126 valence electrons. The number of hydrogen-bond acceptors (Lipinski definition) is 5. The number of anilines is 1. The largest absolute Gasteiger partial charge is 0.485 e. The number of likely N-dealkylation sites (N-methyl/N-ethyl adjacent to an activating group) is 2. The third kappa shape index (κ3) is 3.24. The van der Waals surface area contributed by atoms with Gasteiger partial charge in [-0.1, -0.05) is 12.1 Å². The van der Waals surface area contributed by atoms with E-state index in [1.54, 1.807) is 11.9 Å². The number of carbonyl (C=O) groups is 1. The molecule has 1 aliphatic rings. The van der Waals surface area contributed by atoms with Crippen LogP contribution in [-0.4, -0.2) is 53.8 Å². The highest BCUT2D eigenvalue weighted by molar-refractivity contribution is 5.91. The van der Waals surface area contributed by atoms with Gasteiger partial charge in [-0.3, -0.25) is 9.59 Å². The van der Waals surface area contributed by atoms with Gasteiger partial charge in [0.1, 0.15) is 17.5 Å². The van der Waals surface area contributed by atoms with Crippen LogP contribution in [0, 0.1) is 0 Å². The Bertz CT molecular complexity index is 769. The normalized spacial score (nSPS) is 16.2. The zero-order valence-corrected chi connectivity index (χ0v) is 13.7. The molecular formula is C17H20N4O3. The van der Waals surface area contributed by atoms with Gasteiger partial charge >= 0.3 is 0 Å². The second-order valence-electron chi connectivity index (χ2n) is 5.74. The summed E-state index contributed by atoms with van der Waals surface area (Å²) in [6.07, 6.45) is -0.128. The molecule has 1 aromatic heterocycles. The first-order valence-electron chi connectivity index (χ1n) is 7.90. The molecule has 2 heterocycles. The Balaban J connectivity index is 1.71. The van der Waals surface area contributed by atoms with Crippen molar-refractivity contribution in [2.75, 3.05) is 31.6 Å². The van der Waals surface area contributed by atoms with Crippen LogP contribution >= 0.6 is 0 Å². The summed E-state index contributed by atoms with van der Waals surface area (Å²) in [4.78, 5) is 27.2. The number of aromatic nitrogens is 2. The average molecular weight is 328 g/mol. The lowest BCUT2D eigenvalue weighted by Crippen LogP contribution is -2.47. The van der Waals surface area contributed by atoms with Gasteiger partial charge < -0.3 is 14.5 Å². The van der Waals surface area contributed by atoms with Crippen LogP contribution in [0.4, 0.5) is 5.69 Å². The maximum absolute atomic E-state index is 12.4. The summed E-state index contributed by atoms with van der Waals surface area (Å²) < 4.78 is 6.03. The lowest BCUT2D eigenvalue weighted by molar-refractivity contribution is 0.0702. The molecule has 2 aromatic rings. The zero-order valence-electron chi connectivity index (χ0n) is 13.7. The number of hydrogen-bond donors (Lipinski definition) is 1. The Labute approximate surface area is 139 Å². The summed E-state index contributed by atoms with van der Waals surface area (Å²) in [5.41, 5.74) is 0.952. The number of amides is 1. The average Bonchev–Trinajstić information content (AvgIpc) is 2.61. The van der Waals surface area contributed by atoms with Crippen molar-refractivity contribution in [2.24, 2.45) is 0 Å². The van der Waals surface area contributed by atoms with Crippen molar-refractivity contribution in [1.29, 1.82) is 0 Å². The van der Waals surface area contributed by atoms with Crippen LogP contribution in [0.25, 0.3) is 0 Å². The van der Waals surface area contributed by atoms with E-state index in [0.29, 0.717) is 13.1 Å². The number of carbonyl (C=O) groups excluding carboxylic acids is 1. The molecule has 1 amide bonds. The highest BCUT2D eigenvalue weighted by Gasteiger charge is 2.27. The number of nitrogens with zero attached hydrogens (tertiary/aromatic N) is 3. The van der Waals surface area contributed by atoms with Gasteiger partial charge in [-0.15, -0.1) is 0 Å². The topological polar surface area (TPSA) is 78.5 Å². The SMILES string of the molecule is CCN1C[C@H](CN(C)C(=O)c2ccc(=O)[nH]n2)Oc2ccccc21. The number of rotatable bonds is 4. The molecule has 0 aliphatic carbocycles. The maximum atomic E-state index is 12.4. The van der Waals surface area contributed by atoms with E-state index in [0.717, 1.165) is 18.0 Å². The number of fused-ring (bicyclic) bond motifs is 1. The third-order valence-corrected chi connectivity index (χ3v) is 4.03. The molecule has 0 saturated heterocycles. The number of para-hydroxylation sites is 2. The van der Waals surface area contributed by atoms with Gasteiger partial charge in [-0.25, -0.2) is 5.10 Å². The van der Waals surface area contributed by atoms with Crippen LogP contribution in [-0.2, 0) is 0 Å². The molecule has 3 rings (SSSR count). The second kappa shape index (κ2) is 6.74. The molecule has 7 nitrogen and oxygen atoms in total. The molecule has 0 bridgehead atoms. The van der Waals surface area contributed by atoms with Crippen molar-refractivity contribution in [3.8, 4) is 5.75 Å². The first-order valence-corrected chi connectivity index (χ1v) is 7.90. The molecule has 7 heteroatoms. The minimum Gasteiger partial charge on any atom is -0.485 e. The van der Waals surface area contributed by atoms with Crippen molar-refractivity contribution in [3.05, 3.63) is 52.4 Å². The Morgan fingerprint density at radius 1 is 1.38 bits per heavy atom. The molecule has 1 aliphatic heterocycles. The zero-order chi connectivity index (χ0) is 17.1. The van der Waals surface area contributed by atoms with Crippen LogP contribution < -0.4 is 15.2 Å². The molecule has 0 spiro atoms. The predicted molar refractivity (Wildman–Crippen MR) is 90.6 cm³/mol. The van der Waals surface area contributed by atoms with Gasteiger partial charge in [-0.2, -0.15) is 5.10 Å². The van der Waals surface area contributed by atoms with Gasteiger partial charge in [0.05, 0.1) is 18.8 Å². The molecular weight excluding hydrogens is 308 g/mol. The van der Waals surface area contributed by atoms with E-state index < -0.39 is 0 Å². The molecule has 0 saturated carbocycles. The van der Waals surface area contributed by atoms with Crippen LogP contribution in [0.5, 0.6) is 5.75 Å². The molecule has 0 unspecified atom stereocenters. The monoisotopic (exact) mass is 328 g/mol. The molecule has 0 fully saturated rings. The fourth-order valence-corrected chi connectivity index (χ4v) is 2.82. The van der Waals surface area contributed by atoms with E-state index in [1.807, 2.05) is 24.3 Å². The summed E-state index contributed by atoms with van der Waals surface area (Å²) in [5, 5.41) is 6.06. The van der Waals surface area contributed by atoms with Crippen molar-refractivity contribution < 1.29 is 9.53 Å². The van der Waals surface area contributed by atoms with Gasteiger partial charge in [0.15, 0.2) is 0 Å². The lowest BCUT2D eigenvalue weighted by Gasteiger charge is -2.37. The quantitative estimate of drug-likeness (QED) is 0.910. The Morgan fingerprint density at radius 3 is 2.88 bits per heavy atom. The number of H-pyrrole nitrogens is 1. The molecule has 1 atom stereocenters. The van der Waals surface area contributed by atoms with E-state index in [4.69, 9.17) is 4.74 Å². The fraction of sp³-hybridized carbons (Fsp3) is 0.353. The summed E-state index contributed by atoms with van der Waals surface area (Å²) >= 11 is 0. The smallest absolute Gasteiger partial charge is 0.274 e. The Kier molecular flexibility index (Phi) is 4.50. The number of aromatic amines is 1. The van der Waals surface area contributed by atoms with Crippen LogP contribution in [0.2, 0.25) is 0 Å². The maximum Gasteiger partial charge on any atom is 0.274 e. The second-order valence-corrected chi connectivity index (χ2v) is 5.74. The molecule has 1 N–H and O–H groups in total. The molecule has 0 radical (unpaired) electrons. The van der Waals surface area contributed by atoms with Crippen LogP contribution in [0.1, 0.15) is 17.4 Å². The highest BCUT2D eigenvalue weighted by atomic mass is 16.5. The van der Waals surface area contributed by atoms with Gasteiger partial charge in [-0.05, 0) is 25.1 Å². The van der Waals surface area contributed by atoms with E-state index in [1.165, 1.54) is 12.1 Å². The minimum atomic E-state index is -0.333. The molecule has 1 aromatic carbocycles. The summed E-state index contributed by atoms with van der Waals surface area (Å²) in [7, 11) is 1.70. The first-order chi connectivity index (χ1) is 11.6. The van der Waals surface area contributed by atoms with E-state index in [-0.39, 0.29) is 23.3 Å². The van der Waals surface area contributed by atoms with Crippen molar-refractivity contribution in [3.63, 3.8) is 0 Å². The van der Waals surface area contributed by atoms with E-state index in [2.05, 4.69) is 22.0 Å². The van der Waals surface area contributed by atoms with Crippen molar-refractivity contribution in [1.82, 2.24) is 15.1 Å². The first kappa shape index (κ1) is 16.0. The van der Waals surface area contributed by atoms with Crippen LogP contribution in [0.3, 0.4) is 0 Å². The highest BCUT2D eigenvalue weighted by Crippen LogP contribution is 2.32. The molecule has 24 heavy (non-hydrogen) atoms. The Hall–Kier alpha value is -2.83.